The molecular weight excluding hydrogens is 937 g/mol. The van der Waals surface area contributed by atoms with Crippen molar-refractivity contribution in [3.63, 3.8) is 0 Å². The summed E-state index contributed by atoms with van der Waals surface area (Å²) < 4.78 is 35.6. The van der Waals surface area contributed by atoms with E-state index in [1.807, 2.05) is 70.5 Å². The van der Waals surface area contributed by atoms with E-state index < -0.39 is 51.5 Å². The molecule has 5 heterocycles. The van der Waals surface area contributed by atoms with Crippen LogP contribution in [0.25, 0.3) is 10.4 Å². The van der Waals surface area contributed by atoms with Gasteiger partial charge in [-0.3, -0.25) is 19.4 Å². The number of nitrogens with zero attached hydrogens (tertiary/aromatic N) is 8. The van der Waals surface area contributed by atoms with Gasteiger partial charge in [-0.25, -0.2) is 22.9 Å². The smallest absolute Gasteiger partial charge is 0.319 e. The minimum Gasteiger partial charge on any atom is -0.391 e. The lowest BCUT2D eigenvalue weighted by Gasteiger charge is -2.35. The molecule has 2 aliphatic heterocycles. The van der Waals surface area contributed by atoms with E-state index in [9.17, 15) is 32.7 Å². The number of likely N-dealkylation sites (tertiary alicyclic amines) is 1. The standard InChI is InChI=1S/C48H62N12O8S2/c1-32(35-8-10-36(11-9-35)43-33(2)51-31-69-43)52-45(63)41-25-39(61)29-60(41)46(64)44(48(3,4)5)54-42(62)30-68-24-23-58-28-38(55-56-58)16-18-57-19-21-59(22-20-57)70(66,67)40-14-12-37(13-15-40)53-47(65)50-27-34-7-6-17-49-26-34/h6-15,17,26,28,31-32,39,41,44,61H,16,18-25,27,29-30H2,1-5H3,(H,52,63)(H,54,62)(H2,50,53,65)/t32-,39+,41-,44+/m0/s1. The van der Waals surface area contributed by atoms with E-state index in [0.29, 0.717) is 57.9 Å². The van der Waals surface area contributed by atoms with Gasteiger partial charge < -0.3 is 40.9 Å². The molecule has 5 N–H and O–H groups in total. The quantitative estimate of drug-likeness (QED) is 0.0747. The number of urea groups is 1. The number of carbonyl (C=O) groups is 4. The van der Waals surface area contributed by atoms with Crippen LogP contribution in [-0.2, 0) is 48.7 Å². The van der Waals surface area contributed by atoms with Crippen LogP contribution in [0.5, 0.6) is 0 Å². The molecule has 22 heteroatoms. The molecule has 2 saturated heterocycles. The van der Waals surface area contributed by atoms with Crippen molar-refractivity contribution in [3.8, 4) is 10.4 Å². The van der Waals surface area contributed by atoms with Crippen LogP contribution in [0.3, 0.4) is 0 Å². The Morgan fingerprint density at radius 3 is 2.39 bits per heavy atom. The number of rotatable bonds is 19. The van der Waals surface area contributed by atoms with Gasteiger partial charge in [0.05, 0.1) is 52.0 Å². The maximum Gasteiger partial charge on any atom is 0.319 e. The number of thiazole rings is 1. The average molecular weight is 999 g/mol. The summed E-state index contributed by atoms with van der Waals surface area (Å²) in [5.41, 5.74) is 6.02. The molecule has 5 aromatic rings. The lowest BCUT2D eigenvalue weighted by Crippen LogP contribution is -2.58. The summed E-state index contributed by atoms with van der Waals surface area (Å²) in [4.78, 5) is 66.4. The second kappa shape index (κ2) is 23.2. The van der Waals surface area contributed by atoms with Crippen molar-refractivity contribution in [1.29, 1.82) is 0 Å². The molecule has 0 bridgehead atoms. The monoisotopic (exact) mass is 998 g/mol. The summed E-state index contributed by atoms with van der Waals surface area (Å²) in [6, 6.07) is 14.9. The van der Waals surface area contributed by atoms with E-state index in [1.54, 1.807) is 52.8 Å². The summed E-state index contributed by atoms with van der Waals surface area (Å²) in [6.45, 7) is 12.1. The third-order valence-electron chi connectivity index (χ3n) is 12.3. The van der Waals surface area contributed by atoms with Gasteiger partial charge in [0.15, 0.2) is 0 Å². The SMILES string of the molecule is Cc1ncsc1-c1ccc([C@H](C)NC(=O)[C@@H]2C[C@@H](O)CN2C(=O)[C@@H](NC(=O)COCCn2cc(CCN3CCN(S(=O)(=O)c4ccc(NC(=O)NCc5cccnc5)cc4)CC3)nn2)C(C)(C)C)cc1. The molecule has 3 aromatic heterocycles. The van der Waals surface area contributed by atoms with Crippen molar-refractivity contribution in [2.75, 3.05) is 57.8 Å². The number of piperazine rings is 1. The summed E-state index contributed by atoms with van der Waals surface area (Å²) in [5.74, 6) is -1.35. The number of carbonyl (C=O) groups excluding carboxylic acids is 4. The van der Waals surface area contributed by atoms with Crippen molar-refractivity contribution in [1.82, 2.24) is 55.0 Å². The van der Waals surface area contributed by atoms with Crippen LogP contribution in [0.1, 0.15) is 62.7 Å². The lowest BCUT2D eigenvalue weighted by molar-refractivity contribution is -0.144. The summed E-state index contributed by atoms with van der Waals surface area (Å²) >= 11 is 1.57. The fourth-order valence-electron chi connectivity index (χ4n) is 8.29. The normalized spacial score (nSPS) is 17.7. The van der Waals surface area contributed by atoms with Gasteiger partial charge in [0.1, 0.15) is 18.7 Å². The zero-order valence-corrected chi connectivity index (χ0v) is 41.7. The maximum atomic E-state index is 14.1. The van der Waals surface area contributed by atoms with Crippen LogP contribution in [-0.4, -0.2) is 147 Å². The summed E-state index contributed by atoms with van der Waals surface area (Å²) in [5, 5.41) is 30.4. The van der Waals surface area contributed by atoms with E-state index in [2.05, 4.69) is 46.4 Å². The highest BCUT2D eigenvalue weighted by Crippen LogP contribution is 2.30. The van der Waals surface area contributed by atoms with Gasteiger partial charge >= 0.3 is 6.03 Å². The molecule has 0 unspecified atom stereocenters. The zero-order valence-electron chi connectivity index (χ0n) is 40.1. The van der Waals surface area contributed by atoms with E-state index in [-0.39, 0.29) is 43.0 Å². The number of anilines is 1. The molecule has 2 aromatic carbocycles. The Morgan fingerprint density at radius 2 is 1.71 bits per heavy atom. The first-order valence-corrected chi connectivity index (χ1v) is 25.6. The van der Waals surface area contributed by atoms with Gasteiger partial charge in [-0.15, -0.1) is 16.4 Å². The number of amides is 5. The molecule has 4 atom stereocenters. The number of hydrogen-bond donors (Lipinski definition) is 5. The molecule has 2 aliphatic rings. The Morgan fingerprint density at radius 1 is 0.971 bits per heavy atom. The first kappa shape index (κ1) is 51.7. The molecule has 70 heavy (non-hydrogen) atoms. The molecule has 0 spiro atoms. The number of benzene rings is 2. The van der Waals surface area contributed by atoms with E-state index in [4.69, 9.17) is 4.74 Å². The van der Waals surface area contributed by atoms with Crippen molar-refractivity contribution >= 4 is 50.8 Å². The lowest BCUT2D eigenvalue weighted by atomic mass is 9.85. The van der Waals surface area contributed by atoms with Crippen LogP contribution >= 0.6 is 11.3 Å². The number of aryl methyl sites for hydroxylation is 1. The van der Waals surface area contributed by atoms with Gasteiger partial charge in [-0.1, -0.05) is 56.3 Å². The number of aliphatic hydroxyl groups excluding tert-OH is 1. The van der Waals surface area contributed by atoms with Gasteiger partial charge in [-0.05, 0) is 66.3 Å². The highest BCUT2D eigenvalue weighted by atomic mass is 32.2. The number of aromatic nitrogens is 5. The number of pyridine rings is 1. The fraction of sp³-hybridized carbons (Fsp3) is 0.458. The van der Waals surface area contributed by atoms with Crippen molar-refractivity contribution in [3.05, 3.63) is 107 Å². The summed E-state index contributed by atoms with van der Waals surface area (Å²) in [7, 11) is -3.73. The Kier molecular flexibility index (Phi) is 17.1. The second-order valence-corrected chi connectivity index (χ2v) is 21.4. The summed E-state index contributed by atoms with van der Waals surface area (Å²) in [6.07, 6.45) is 4.89. The van der Waals surface area contributed by atoms with Gasteiger partial charge in [-0.2, -0.15) is 4.31 Å². The van der Waals surface area contributed by atoms with E-state index >= 15 is 0 Å². The minimum absolute atomic E-state index is 0.0391. The van der Waals surface area contributed by atoms with Gasteiger partial charge in [0.2, 0.25) is 27.7 Å². The molecular formula is C48H62N12O8S2. The Bertz CT molecular complexity index is 2670. The molecule has 20 nitrogen and oxygen atoms in total. The van der Waals surface area contributed by atoms with Crippen molar-refractivity contribution in [2.45, 2.75) is 89.7 Å². The number of hydrogen-bond acceptors (Lipinski definition) is 14. The Hall–Kier alpha value is -6.17. The fourth-order valence-corrected chi connectivity index (χ4v) is 10.5. The average Bonchev–Trinajstić information content (AvgIpc) is 4.10. The van der Waals surface area contributed by atoms with Gasteiger partial charge in [0.25, 0.3) is 0 Å². The van der Waals surface area contributed by atoms with Crippen LogP contribution in [0.2, 0.25) is 0 Å². The minimum atomic E-state index is -3.73. The van der Waals surface area contributed by atoms with Crippen molar-refractivity contribution < 1.29 is 37.4 Å². The Labute approximate surface area is 412 Å². The molecule has 374 valence electrons. The molecule has 0 radical (unpaired) electrons. The van der Waals surface area contributed by atoms with Crippen LogP contribution < -0.4 is 21.3 Å². The van der Waals surface area contributed by atoms with Crippen LogP contribution in [0.15, 0.2) is 89.7 Å². The van der Waals surface area contributed by atoms with E-state index in [1.165, 1.54) is 21.3 Å². The number of nitrogens with one attached hydrogen (secondary N) is 4. The predicted molar refractivity (Wildman–Crippen MR) is 263 cm³/mol. The molecule has 0 saturated carbocycles. The third-order valence-corrected chi connectivity index (χ3v) is 15.2. The number of β-amino-alcohol motifs (C(OH)–C–C–N with tert-alkyl or cyclic N) is 1. The first-order chi connectivity index (χ1) is 33.4. The molecule has 2 fully saturated rings. The maximum absolute atomic E-state index is 14.1. The predicted octanol–water partition coefficient (Wildman–Crippen LogP) is 3.36. The number of sulfonamides is 1. The van der Waals surface area contributed by atoms with Crippen LogP contribution in [0.4, 0.5) is 10.5 Å². The topological polar surface area (TPSA) is 246 Å². The number of aliphatic hydroxyl groups is 1. The molecule has 5 amide bonds. The largest absolute Gasteiger partial charge is 0.391 e. The molecule has 0 aliphatic carbocycles. The van der Waals surface area contributed by atoms with Crippen LogP contribution in [0, 0.1) is 12.3 Å². The molecule has 7 rings (SSSR count). The highest BCUT2D eigenvalue weighted by Gasteiger charge is 2.44. The van der Waals surface area contributed by atoms with Crippen molar-refractivity contribution in [2.24, 2.45) is 5.41 Å². The van der Waals surface area contributed by atoms with Gasteiger partial charge in [0, 0.05) is 82.9 Å². The Balaban J connectivity index is 0.806. The highest BCUT2D eigenvalue weighted by molar-refractivity contribution is 7.89. The van der Waals surface area contributed by atoms with E-state index in [0.717, 1.165) is 33.0 Å². The third kappa shape index (κ3) is 13.6. The number of ether oxygens (including phenoxy) is 1. The first-order valence-electron chi connectivity index (χ1n) is 23.3. The zero-order chi connectivity index (χ0) is 50.0. The second-order valence-electron chi connectivity index (χ2n) is 18.6.